The first kappa shape index (κ1) is 20.9. The Bertz CT molecular complexity index is 741. The zero-order valence-corrected chi connectivity index (χ0v) is 17.2. The number of carbonyl (C=O) groups excluding carboxylic acids is 2. The molecule has 2 amide bonds. The highest BCUT2D eigenvalue weighted by atomic mass is 32.2. The molecule has 0 aliphatic carbocycles. The molecule has 1 aliphatic heterocycles. The maximum absolute atomic E-state index is 12.7. The topological polar surface area (TPSA) is 86.8 Å². The van der Waals surface area contributed by atoms with Gasteiger partial charge in [-0.1, -0.05) is 0 Å². The Hall–Kier alpha value is -1.45. The maximum Gasteiger partial charge on any atom is 0.252 e. The van der Waals surface area contributed by atoms with Gasteiger partial charge in [-0.3, -0.25) is 9.59 Å². The van der Waals surface area contributed by atoms with Crippen molar-refractivity contribution in [3.63, 3.8) is 0 Å². The van der Waals surface area contributed by atoms with Crippen molar-refractivity contribution >= 4 is 33.2 Å². The lowest BCUT2D eigenvalue weighted by Crippen LogP contribution is -2.47. The molecule has 1 aromatic heterocycles. The molecule has 1 N–H and O–H groups in total. The summed E-state index contributed by atoms with van der Waals surface area (Å²) in [4.78, 5) is 27.0. The van der Waals surface area contributed by atoms with Crippen molar-refractivity contribution in [2.75, 3.05) is 32.7 Å². The normalized spacial score (nSPS) is 18.5. The number of hydrogen-bond donors (Lipinski definition) is 1. The van der Waals surface area contributed by atoms with Gasteiger partial charge in [0.1, 0.15) is 4.21 Å². The van der Waals surface area contributed by atoms with Crippen LogP contribution in [-0.4, -0.2) is 62.2 Å². The minimum absolute atomic E-state index is 0.0477. The van der Waals surface area contributed by atoms with Crippen LogP contribution in [0.4, 0.5) is 0 Å². The second-order valence-corrected chi connectivity index (χ2v) is 9.80. The summed E-state index contributed by atoms with van der Waals surface area (Å²) < 4.78 is 27.2. The Labute approximate surface area is 159 Å². The Balaban J connectivity index is 1.97. The molecule has 1 fully saturated rings. The summed E-state index contributed by atoms with van der Waals surface area (Å²) in [7, 11) is -3.56. The van der Waals surface area contributed by atoms with E-state index >= 15 is 0 Å². The summed E-state index contributed by atoms with van der Waals surface area (Å²) >= 11 is 1.24. The van der Waals surface area contributed by atoms with Crippen LogP contribution in [0.1, 0.15) is 31.6 Å². The number of piperidine rings is 1. The summed E-state index contributed by atoms with van der Waals surface area (Å²) in [6.45, 7) is 7.36. The molecule has 0 radical (unpaired) electrons. The van der Waals surface area contributed by atoms with Crippen LogP contribution in [0.25, 0.3) is 0 Å². The van der Waals surface area contributed by atoms with Gasteiger partial charge in [0.25, 0.3) is 10.0 Å². The van der Waals surface area contributed by atoms with Gasteiger partial charge >= 0.3 is 0 Å². The molecule has 0 aromatic carbocycles. The average molecular weight is 402 g/mol. The number of likely N-dealkylation sites (N-methyl/N-ethyl adjacent to an activating group) is 1. The summed E-state index contributed by atoms with van der Waals surface area (Å²) in [5.41, 5.74) is 0. The number of amides is 2. The number of hydrogen-bond acceptors (Lipinski definition) is 5. The molecule has 1 aliphatic rings. The lowest BCUT2D eigenvalue weighted by atomic mass is 9.99. The van der Waals surface area contributed by atoms with E-state index in [0.29, 0.717) is 36.7 Å². The molecule has 1 saturated heterocycles. The lowest BCUT2D eigenvalue weighted by molar-refractivity contribution is -0.134. The molecule has 26 heavy (non-hydrogen) atoms. The van der Waals surface area contributed by atoms with Gasteiger partial charge in [0.05, 0.1) is 12.5 Å². The first-order chi connectivity index (χ1) is 12.3. The second-order valence-electron chi connectivity index (χ2n) is 6.35. The van der Waals surface area contributed by atoms with Crippen molar-refractivity contribution in [3.8, 4) is 0 Å². The van der Waals surface area contributed by atoms with Crippen molar-refractivity contribution in [2.45, 2.75) is 37.8 Å². The molecule has 0 bridgehead atoms. The fourth-order valence-electron chi connectivity index (χ4n) is 3.05. The van der Waals surface area contributed by atoms with E-state index in [4.69, 9.17) is 0 Å². The number of nitrogens with zero attached hydrogens (tertiary/aromatic N) is 2. The molecular weight excluding hydrogens is 374 g/mol. The first-order valence-corrected chi connectivity index (χ1v) is 11.2. The third kappa shape index (κ3) is 4.83. The molecule has 2 rings (SSSR count). The predicted octanol–water partition coefficient (Wildman–Crippen LogP) is 1.44. The number of carbonyl (C=O) groups is 2. The second kappa shape index (κ2) is 8.96. The maximum atomic E-state index is 12.7. The molecule has 1 atom stereocenters. The van der Waals surface area contributed by atoms with E-state index in [1.54, 1.807) is 17.0 Å². The molecule has 146 valence electrons. The highest BCUT2D eigenvalue weighted by Gasteiger charge is 2.34. The minimum atomic E-state index is -3.56. The Kier molecular flexibility index (Phi) is 7.19. The summed E-state index contributed by atoms with van der Waals surface area (Å²) in [6.07, 6.45) is 1.26. The van der Waals surface area contributed by atoms with Crippen LogP contribution < -0.4 is 5.32 Å². The van der Waals surface area contributed by atoms with E-state index < -0.39 is 15.9 Å². The van der Waals surface area contributed by atoms with Gasteiger partial charge in [0.2, 0.25) is 11.8 Å². The van der Waals surface area contributed by atoms with Gasteiger partial charge in [-0.15, -0.1) is 11.3 Å². The quantitative estimate of drug-likeness (QED) is 0.749. The molecule has 9 heteroatoms. The fourth-order valence-corrected chi connectivity index (χ4v) is 6.01. The van der Waals surface area contributed by atoms with Crippen molar-refractivity contribution in [3.05, 3.63) is 17.0 Å². The van der Waals surface area contributed by atoms with Gasteiger partial charge in [-0.2, -0.15) is 4.31 Å². The zero-order chi connectivity index (χ0) is 19.3. The van der Waals surface area contributed by atoms with E-state index in [2.05, 4.69) is 5.32 Å². The van der Waals surface area contributed by atoms with Crippen LogP contribution >= 0.6 is 11.3 Å². The fraction of sp³-hybridized carbons (Fsp3) is 0.647. The third-order valence-electron chi connectivity index (χ3n) is 4.59. The van der Waals surface area contributed by atoms with E-state index in [1.165, 1.54) is 15.6 Å². The number of thiophene rings is 1. The van der Waals surface area contributed by atoms with Crippen LogP contribution in [0, 0.1) is 12.8 Å². The summed E-state index contributed by atoms with van der Waals surface area (Å²) in [5, 5.41) is 2.67. The van der Waals surface area contributed by atoms with Gasteiger partial charge in [0.15, 0.2) is 0 Å². The highest BCUT2D eigenvalue weighted by molar-refractivity contribution is 7.91. The monoisotopic (exact) mass is 401 g/mol. The molecule has 7 nitrogen and oxygen atoms in total. The SMILES string of the molecule is CCN(CC)C(=O)CNC(=O)C1CCCN(S(=O)(=O)c2ccc(C)s2)C1. The van der Waals surface area contributed by atoms with Crippen LogP contribution in [0.15, 0.2) is 16.3 Å². The number of nitrogens with one attached hydrogen (secondary N) is 1. The van der Waals surface area contributed by atoms with Gasteiger partial charge in [-0.25, -0.2) is 8.42 Å². The van der Waals surface area contributed by atoms with Crippen LogP contribution in [0.3, 0.4) is 0 Å². The van der Waals surface area contributed by atoms with E-state index in [9.17, 15) is 18.0 Å². The van der Waals surface area contributed by atoms with Crippen molar-refractivity contribution in [2.24, 2.45) is 5.92 Å². The van der Waals surface area contributed by atoms with Crippen LogP contribution in [-0.2, 0) is 19.6 Å². The predicted molar refractivity (Wildman–Crippen MR) is 101 cm³/mol. The Morgan fingerprint density at radius 1 is 1.31 bits per heavy atom. The van der Waals surface area contributed by atoms with Crippen molar-refractivity contribution in [1.82, 2.24) is 14.5 Å². The van der Waals surface area contributed by atoms with E-state index in [1.807, 2.05) is 20.8 Å². The third-order valence-corrected chi connectivity index (χ3v) is 7.93. The summed E-state index contributed by atoms with van der Waals surface area (Å²) in [5.74, 6) is -0.811. The van der Waals surface area contributed by atoms with Gasteiger partial charge in [0, 0.05) is 31.1 Å². The van der Waals surface area contributed by atoms with Crippen molar-refractivity contribution < 1.29 is 18.0 Å². The largest absolute Gasteiger partial charge is 0.347 e. The molecule has 2 heterocycles. The molecule has 1 unspecified atom stereocenters. The highest BCUT2D eigenvalue weighted by Crippen LogP contribution is 2.28. The minimum Gasteiger partial charge on any atom is -0.347 e. The van der Waals surface area contributed by atoms with Gasteiger partial charge in [-0.05, 0) is 45.7 Å². The molecule has 1 aromatic rings. The molecule has 0 saturated carbocycles. The van der Waals surface area contributed by atoms with Crippen molar-refractivity contribution in [1.29, 1.82) is 0 Å². The first-order valence-electron chi connectivity index (χ1n) is 8.91. The molecular formula is C17H27N3O4S2. The number of aryl methyl sites for hydroxylation is 1. The van der Waals surface area contributed by atoms with E-state index in [0.717, 1.165) is 4.88 Å². The Morgan fingerprint density at radius 3 is 2.58 bits per heavy atom. The Morgan fingerprint density at radius 2 is 2.00 bits per heavy atom. The van der Waals surface area contributed by atoms with Gasteiger partial charge < -0.3 is 10.2 Å². The smallest absolute Gasteiger partial charge is 0.252 e. The van der Waals surface area contributed by atoms with Crippen LogP contribution in [0.2, 0.25) is 0 Å². The zero-order valence-electron chi connectivity index (χ0n) is 15.5. The van der Waals surface area contributed by atoms with E-state index in [-0.39, 0.29) is 24.9 Å². The average Bonchev–Trinajstić information content (AvgIpc) is 3.08. The summed E-state index contributed by atoms with van der Waals surface area (Å²) in [6, 6.07) is 3.40. The number of sulfonamides is 1. The number of rotatable bonds is 7. The standard InChI is InChI=1S/C17H27N3O4S2/c1-4-19(5-2)15(21)11-18-17(22)14-7-6-10-20(12-14)26(23,24)16-9-8-13(3)25-16/h8-9,14H,4-7,10-12H2,1-3H3,(H,18,22). The lowest BCUT2D eigenvalue weighted by Gasteiger charge is -2.31. The molecule has 0 spiro atoms. The van der Waals surface area contributed by atoms with Crippen LogP contribution in [0.5, 0.6) is 0 Å².